The van der Waals surface area contributed by atoms with Gasteiger partial charge in [0.25, 0.3) is 0 Å². The van der Waals surface area contributed by atoms with E-state index in [9.17, 15) is 5.11 Å². The summed E-state index contributed by atoms with van der Waals surface area (Å²) in [5, 5.41) is 9.83. The average molecular weight is 214 g/mol. The van der Waals surface area contributed by atoms with Crippen molar-refractivity contribution >= 4 is 0 Å². The Kier molecular flexibility index (Phi) is 6.26. The van der Waals surface area contributed by atoms with Crippen molar-refractivity contribution in [1.82, 2.24) is 0 Å². The van der Waals surface area contributed by atoms with Crippen molar-refractivity contribution in [2.45, 2.75) is 71.0 Å². The molecule has 0 heterocycles. The lowest BCUT2D eigenvalue weighted by atomic mass is 9.83. The second-order valence-corrected chi connectivity index (χ2v) is 4.80. The summed E-state index contributed by atoms with van der Waals surface area (Å²) in [5.41, 5.74) is 0. The van der Waals surface area contributed by atoms with Gasteiger partial charge in [-0.3, -0.25) is 0 Å². The summed E-state index contributed by atoms with van der Waals surface area (Å²) in [6.45, 7) is 5.22. The van der Waals surface area contributed by atoms with Crippen molar-refractivity contribution in [3.8, 4) is 0 Å². The fourth-order valence-corrected chi connectivity index (χ4v) is 2.42. The van der Waals surface area contributed by atoms with E-state index in [1.165, 1.54) is 25.7 Å². The predicted molar refractivity (Wildman–Crippen MR) is 62.9 cm³/mol. The molecule has 0 bridgehead atoms. The minimum Gasteiger partial charge on any atom is -0.390 e. The molecule has 3 atom stereocenters. The van der Waals surface area contributed by atoms with E-state index in [1.54, 1.807) is 0 Å². The van der Waals surface area contributed by atoms with Gasteiger partial charge in [-0.15, -0.1) is 0 Å². The van der Waals surface area contributed by atoms with Crippen molar-refractivity contribution in [2.24, 2.45) is 5.92 Å². The van der Waals surface area contributed by atoms with Gasteiger partial charge in [0.15, 0.2) is 0 Å². The molecule has 2 nitrogen and oxygen atoms in total. The Labute approximate surface area is 94.0 Å². The molecule has 90 valence electrons. The molecule has 0 saturated heterocycles. The third kappa shape index (κ3) is 4.52. The Morgan fingerprint density at radius 1 is 1.20 bits per heavy atom. The molecule has 0 spiro atoms. The highest BCUT2D eigenvalue weighted by Crippen LogP contribution is 2.29. The fraction of sp³-hybridized carbons (Fsp3) is 1.00. The van der Waals surface area contributed by atoms with Gasteiger partial charge in [-0.25, -0.2) is 0 Å². The Bertz CT molecular complexity index is 159. The molecular weight excluding hydrogens is 188 g/mol. The van der Waals surface area contributed by atoms with Crippen LogP contribution in [0.1, 0.15) is 58.8 Å². The number of aliphatic hydroxyl groups excluding tert-OH is 1. The van der Waals surface area contributed by atoms with Crippen LogP contribution in [0.4, 0.5) is 0 Å². The maximum absolute atomic E-state index is 9.83. The maximum Gasteiger partial charge on any atom is 0.0836 e. The standard InChI is InChI=1S/C13H26O2/c1-3-5-9-15-13-10-11(6-4-2)7-8-12(13)14/h11-14H,3-10H2,1-2H3. The lowest BCUT2D eigenvalue weighted by Gasteiger charge is -2.33. The van der Waals surface area contributed by atoms with E-state index in [1.807, 2.05) is 0 Å². The van der Waals surface area contributed by atoms with Crippen LogP contribution in [0, 0.1) is 5.92 Å². The summed E-state index contributed by atoms with van der Waals surface area (Å²) in [7, 11) is 0. The van der Waals surface area contributed by atoms with Crippen molar-refractivity contribution in [1.29, 1.82) is 0 Å². The third-order valence-corrected chi connectivity index (χ3v) is 3.39. The SMILES string of the molecule is CCCCOC1CC(CCC)CCC1O. The quantitative estimate of drug-likeness (QED) is 0.688. The summed E-state index contributed by atoms with van der Waals surface area (Å²) in [4.78, 5) is 0. The topological polar surface area (TPSA) is 29.5 Å². The second kappa shape index (κ2) is 7.24. The molecule has 0 radical (unpaired) electrons. The summed E-state index contributed by atoms with van der Waals surface area (Å²) < 4.78 is 5.76. The van der Waals surface area contributed by atoms with Gasteiger partial charge in [-0.05, 0) is 31.6 Å². The zero-order chi connectivity index (χ0) is 11.1. The van der Waals surface area contributed by atoms with Crippen LogP contribution >= 0.6 is 0 Å². The monoisotopic (exact) mass is 214 g/mol. The summed E-state index contributed by atoms with van der Waals surface area (Å²) in [6, 6.07) is 0. The van der Waals surface area contributed by atoms with Crippen molar-refractivity contribution in [3.63, 3.8) is 0 Å². The first kappa shape index (κ1) is 13.0. The average Bonchev–Trinajstić information content (AvgIpc) is 2.23. The molecule has 0 aromatic carbocycles. The Balaban J connectivity index is 2.26. The van der Waals surface area contributed by atoms with Crippen LogP contribution in [0.5, 0.6) is 0 Å². The first-order chi connectivity index (χ1) is 7.27. The number of rotatable bonds is 6. The molecule has 1 aliphatic carbocycles. The summed E-state index contributed by atoms with van der Waals surface area (Å²) >= 11 is 0. The largest absolute Gasteiger partial charge is 0.390 e. The second-order valence-electron chi connectivity index (χ2n) is 4.80. The molecule has 0 aromatic rings. The molecule has 1 rings (SSSR count). The summed E-state index contributed by atoms with van der Waals surface area (Å²) in [5.74, 6) is 0.782. The highest BCUT2D eigenvalue weighted by atomic mass is 16.5. The fourth-order valence-electron chi connectivity index (χ4n) is 2.42. The zero-order valence-electron chi connectivity index (χ0n) is 10.2. The molecule has 0 aliphatic heterocycles. The first-order valence-corrected chi connectivity index (χ1v) is 6.57. The van der Waals surface area contributed by atoms with Gasteiger partial charge in [0.05, 0.1) is 12.2 Å². The van der Waals surface area contributed by atoms with Gasteiger partial charge in [0.1, 0.15) is 0 Å². The first-order valence-electron chi connectivity index (χ1n) is 6.57. The van der Waals surface area contributed by atoms with Crippen LogP contribution in [-0.2, 0) is 4.74 Å². The van der Waals surface area contributed by atoms with Gasteiger partial charge in [-0.1, -0.05) is 33.1 Å². The molecule has 1 fully saturated rings. The maximum atomic E-state index is 9.83. The van der Waals surface area contributed by atoms with Gasteiger partial charge in [-0.2, -0.15) is 0 Å². The van der Waals surface area contributed by atoms with Crippen LogP contribution in [0.3, 0.4) is 0 Å². The minimum atomic E-state index is -0.213. The number of hydrogen-bond donors (Lipinski definition) is 1. The van der Waals surface area contributed by atoms with Crippen molar-refractivity contribution in [3.05, 3.63) is 0 Å². The van der Waals surface area contributed by atoms with E-state index in [4.69, 9.17) is 4.74 Å². The molecule has 0 amide bonds. The highest BCUT2D eigenvalue weighted by Gasteiger charge is 2.28. The smallest absolute Gasteiger partial charge is 0.0836 e. The lowest BCUT2D eigenvalue weighted by Crippen LogP contribution is -2.36. The Morgan fingerprint density at radius 3 is 2.67 bits per heavy atom. The van der Waals surface area contributed by atoms with Crippen LogP contribution < -0.4 is 0 Å². The van der Waals surface area contributed by atoms with E-state index >= 15 is 0 Å². The Morgan fingerprint density at radius 2 is 2.00 bits per heavy atom. The molecule has 3 unspecified atom stereocenters. The molecule has 1 N–H and O–H groups in total. The number of ether oxygens (including phenoxy) is 1. The van der Waals surface area contributed by atoms with Gasteiger partial charge in [0.2, 0.25) is 0 Å². The van der Waals surface area contributed by atoms with Gasteiger partial charge >= 0.3 is 0 Å². The lowest BCUT2D eigenvalue weighted by molar-refractivity contribution is -0.0726. The van der Waals surface area contributed by atoms with Gasteiger partial charge < -0.3 is 9.84 Å². The predicted octanol–water partition coefficient (Wildman–Crippen LogP) is 3.13. The van der Waals surface area contributed by atoms with Gasteiger partial charge in [0, 0.05) is 6.61 Å². The van der Waals surface area contributed by atoms with Crippen molar-refractivity contribution in [2.75, 3.05) is 6.61 Å². The van der Waals surface area contributed by atoms with E-state index in [2.05, 4.69) is 13.8 Å². The number of hydrogen-bond acceptors (Lipinski definition) is 2. The molecule has 1 aliphatic rings. The highest BCUT2D eigenvalue weighted by molar-refractivity contribution is 4.80. The number of unbranched alkanes of at least 4 members (excludes halogenated alkanes) is 1. The summed E-state index contributed by atoms with van der Waals surface area (Å²) in [6.07, 6.45) is 7.91. The molecular formula is C13H26O2. The zero-order valence-corrected chi connectivity index (χ0v) is 10.2. The third-order valence-electron chi connectivity index (χ3n) is 3.39. The van der Waals surface area contributed by atoms with Crippen molar-refractivity contribution < 1.29 is 9.84 Å². The van der Waals surface area contributed by atoms with E-state index in [0.717, 1.165) is 31.8 Å². The minimum absolute atomic E-state index is 0.113. The number of aliphatic hydroxyl groups is 1. The van der Waals surface area contributed by atoms with Crippen LogP contribution in [0.25, 0.3) is 0 Å². The van der Waals surface area contributed by atoms with E-state index < -0.39 is 0 Å². The van der Waals surface area contributed by atoms with E-state index in [-0.39, 0.29) is 12.2 Å². The molecule has 0 aromatic heterocycles. The Hall–Kier alpha value is -0.0800. The van der Waals surface area contributed by atoms with Crippen LogP contribution in [-0.4, -0.2) is 23.9 Å². The van der Waals surface area contributed by atoms with Crippen LogP contribution in [0.15, 0.2) is 0 Å². The van der Waals surface area contributed by atoms with E-state index in [0.29, 0.717) is 0 Å². The van der Waals surface area contributed by atoms with Crippen LogP contribution in [0.2, 0.25) is 0 Å². The normalized spacial score (nSPS) is 31.8. The molecule has 1 saturated carbocycles. The molecule has 2 heteroatoms. The molecule has 15 heavy (non-hydrogen) atoms.